The van der Waals surface area contributed by atoms with Gasteiger partial charge in [0.25, 0.3) is 0 Å². The van der Waals surface area contributed by atoms with Gasteiger partial charge in [0.1, 0.15) is 10.7 Å². The Hall–Kier alpha value is -1.06. The van der Waals surface area contributed by atoms with Crippen molar-refractivity contribution in [1.29, 1.82) is 0 Å². The summed E-state index contributed by atoms with van der Waals surface area (Å²) in [6.45, 7) is 0.240. The Labute approximate surface area is 131 Å². The van der Waals surface area contributed by atoms with E-state index in [1.165, 1.54) is 17.4 Å². The first-order chi connectivity index (χ1) is 9.94. The van der Waals surface area contributed by atoms with Gasteiger partial charge in [0.15, 0.2) is 0 Å². The highest BCUT2D eigenvalue weighted by atomic mass is 35.5. The van der Waals surface area contributed by atoms with Crippen LogP contribution in [0.5, 0.6) is 0 Å². The van der Waals surface area contributed by atoms with Crippen molar-refractivity contribution in [3.05, 3.63) is 45.1 Å². The van der Waals surface area contributed by atoms with Crippen LogP contribution < -0.4 is 10.0 Å². The Bertz CT molecular complexity index is 720. The summed E-state index contributed by atoms with van der Waals surface area (Å²) >= 11 is 7.18. The first-order valence-electron chi connectivity index (χ1n) is 5.93. The molecule has 114 valence electrons. The molecule has 2 aromatic rings. The van der Waals surface area contributed by atoms with Crippen molar-refractivity contribution in [1.82, 2.24) is 15.0 Å². The fourth-order valence-electron chi connectivity index (χ4n) is 1.71. The maximum Gasteiger partial charge on any atom is 0.243 e. The molecule has 2 rings (SSSR count). The highest BCUT2D eigenvalue weighted by Gasteiger charge is 2.22. The van der Waals surface area contributed by atoms with Gasteiger partial charge in [0.2, 0.25) is 10.0 Å². The van der Waals surface area contributed by atoms with E-state index in [1.807, 2.05) is 0 Å². The summed E-state index contributed by atoms with van der Waals surface area (Å²) in [5, 5.41) is 2.93. The Balaban J connectivity index is 2.30. The van der Waals surface area contributed by atoms with Gasteiger partial charge in [-0.3, -0.25) is 4.98 Å². The van der Waals surface area contributed by atoms with Crippen molar-refractivity contribution in [2.24, 2.45) is 0 Å². The second-order valence-electron chi connectivity index (χ2n) is 4.20. The Kier molecular flexibility index (Phi) is 5.28. The van der Waals surface area contributed by atoms with E-state index in [4.69, 9.17) is 11.6 Å². The van der Waals surface area contributed by atoms with Crippen molar-refractivity contribution in [3.63, 3.8) is 0 Å². The molecule has 5 nitrogen and oxygen atoms in total. The Morgan fingerprint density at radius 3 is 2.76 bits per heavy atom. The van der Waals surface area contributed by atoms with Crippen LogP contribution >= 0.6 is 22.9 Å². The molecule has 1 aromatic heterocycles. The third-order valence-electron chi connectivity index (χ3n) is 2.66. The number of nitrogens with one attached hydrogen (secondary N) is 2. The summed E-state index contributed by atoms with van der Waals surface area (Å²) in [5.41, 5.74) is 1.79. The fraction of sp³-hybridized carbons (Fsp3) is 0.250. The SMILES string of the molecule is CNCc1cc(Cl)cc(S(=O)(=O)NCc2cncs2)c1F. The lowest BCUT2D eigenvalue weighted by atomic mass is 10.2. The molecule has 2 N–H and O–H groups in total. The van der Waals surface area contributed by atoms with Gasteiger partial charge in [-0.1, -0.05) is 11.6 Å². The van der Waals surface area contributed by atoms with E-state index in [1.54, 1.807) is 18.8 Å². The summed E-state index contributed by atoms with van der Waals surface area (Å²) in [7, 11) is -2.35. The van der Waals surface area contributed by atoms with Gasteiger partial charge in [-0.05, 0) is 19.2 Å². The molecule has 0 saturated heterocycles. The normalized spacial score (nSPS) is 11.8. The predicted molar refractivity (Wildman–Crippen MR) is 80.3 cm³/mol. The van der Waals surface area contributed by atoms with Gasteiger partial charge < -0.3 is 5.32 Å². The number of thiazole rings is 1. The van der Waals surface area contributed by atoms with Crippen LogP contribution in [-0.2, 0) is 23.1 Å². The van der Waals surface area contributed by atoms with Crippen LogP contribution in [0.4, 0.5) is 4.39 Å². The average Bonchev–Trinajstić information content (AvgIpc) is 2.94. The molecule has 1 heterocycles. The molecule has 0 aliphatic rings. The molecule has 0 aliphatic carbocycles. The molecule has 0 unspecified atom stereocenters. The van der Waals surface area contributed by atoms with E-state index in [2.05, 4.69) is 15.0 Å². The van der Waals surface area contributed by atoms with E-state index in [0.29, 0.717) is 0 Å². The van der Waals surface area contributed by atoms with Crippen LogP contribution in [0, 0.1) is 5.82 Å². The zero-order valence-corrected chi connectivity index (χ0v) is 13.4. The first kappa shape index (κ1) is 16.3. The summed E-state index contributed by atoms with van der Waals surface area (Å²) < 4.78 is 41.0. The van der Waals surface area contributed by atoms with Crippen LogP contribution in [-0.4, -0.2) is 20.4 Å². The lowest BCUT2D eigenvalue weighted by Gasteiger charge is -2.11. The molecule has 0 amide bonds. The largest absolute Gasteiger partial charge is 0.316 e. The van der Waals surface area contributed by atoms with Crippen molar-refractivity contribution < 1.29 is 12.8 Å². The number of benzene rings is 1. The quantitative estimate of drug-likeness (QED) is 0.838. The molecular weight excluding hydrogens is 337 g/mol. The summed E-state index contributed by atoms with van der Waals surface area (Å²) in [4.78, 5) is 4.12. The molecular formula is C12H13ClFN3O2S2. The molecule has 9 heteroatoms. The number of nitrogens with zero attached hydrogens (tertiary/aromatic N) is 1. The highest BCUT2D eigenvalue weighted by Crippen LogP contribution is 2.24. The lowest BCUT2D eigenvalue weighted by molar-refractivity contribution is 0.546. The minimum Gasteiger partial charge on any atom is -0.316 e. The lowest BCUT2D eigenvalue weighted by Crippen LogP contribution is -2.24. The van der Waals surface area contributed by atoms with Gasteiger partial charge in [-0.15, -0.1) is 11.3 Å². The van der Waals surface area contributed by atoms with Crippen LogP contribution in [0.25, 0.3) is 0 Å². The summed E-state index contributed by atoms with van der Waals surface area (Å²) in [5.74, 6) is -0.800. The second-order valence-corrected chi connectivity index (χ2v) is 7.34. The van der Waals surface area contributed by atoms with E-state index in [9.17, 15) is 12.8 Å². The average molecular weight is 350 g/mol. The zero-order valence-electron chi connectivity index (χ0n) is 11.1. The van der Waals surface area contributed by atoms with Crippen molar-refractivity contribution in [2.75, 3.05) is 7.05 Å². The van der Waals surface area contributed by atoms with Gasteiger partial charge in [-0.25, -0.2) is 17.5 Å². The number of halogens is 2. The van der Waals surface area contributed by atoms with E-state index in [0.717, 1.165) is 10.9 Å². The fourth-order valence-corrected chi connectivity index (χ4v) is 3.79. The van der Waals surface area contributed by atoms with Crippen molar-refractivity contribution in [3.8, 4) is 0 Å². The Morgan fingerprint density at radius 1 is 1.38 bits per heavy atom. The molecule has 0 atom stereocenters. The second kappa shape index (κ2) is 6.80. The van der Waals surface area contributed by atoms with E-state index in [-0.39, 0.29) is 23.7 Å². The van der Waals surface area contributed by atoms with Crippen molar-refractivity contribution in [2.45, 2.75) is 18.0 Å². The van der Waals surface area contributed by atoms with Gasteiger partial charge >= 0.3 is 0 Å². The number of sulfonamides is 1. The zero-order chi connectivity index (χ0) is 15.5. The predicted octanol–water partition coefficient (Wildman–Crippen LogP) is 2.13. The molecule has 21 heavy (non-hydrogen) atoms. The molecule has 0 radical (unpaired) electrons. The third-order valence-corrected chi connectivity index (χ3v) is 5.05. The summed E-state index contributed by atoms with van der Waals surface area (Å²) in [6.07, 6.45) is 1.55. The molecule has 1 aromatic carbocycles. The standard InChI is InChI=1S/C12H13ClFN3O2S2/c1-15-4-8-2-9(13)3-11(12(8)14)21(18,19)17-6-10-5-16-7-20-10/h2-3,5,7,15,17H,4,6H2,1H3. The van der Waals surface area contributed by atoms with Crippen molar-refractivity contribution >= 4 is 33.0 Å². The number of aromatic nitrogens is 1. The van der Waals surface area contributed by atoms with Crippen LogP contribution in [0.3, 0.4) is 0 Å². The van der Waals surface area contributed by atoms with E-state index >= 15 is 0 Å². The van der Waals surface area contributed by atoms with Gasteiger partial charge in [0, 0.05) is 34.7 Å². The van der Waals surface area contributed by atoms with Gasteiger partial charge in [-0.2, -0.15) is 0 Å². The summed E-state index contributed by atoms with van der Waals surface area (Å²) in [6, 6.07) is 2.50. The molecule has 0 spiro atoms. The van der Waals surface area contributed by atoms with Gasteiger partial charge in [0.05, 0.1) is 5.51 Å². The number of hydrogen-bond acceptors (Lipinski definition) is 5. The topological polar surface area (TPSA) is 71.1 Å². The monoisotopic (exact) mass is 349 g/mol. The Morgan fingerprint density at radius 2 is 2.14 bits per heavy atom. The number of hydrogen-bond donors (Lipinski definition) is 2. The molecule has 0 saturated carbocycles. The van der Waals surface area contributed by atoms with Crippen LogP contribution in [0.15, 0.2) is 28.7 Å². The third kappa shape index (κ3) is 3.98. The molecule has 0 aliphatic heterocycles. The maximum absolute atomic E-state index is 14.3. The minimum atomic E-state index is -3.99. The smallest absolute Gasteiger partial charge is 0.243 e. The molecule has 0 bridgehead atoms. The maximum atomic E-state index is 14.3. The van der Waals surface area contributed by atoms with Crippen LogP contribution in [0.1, 0.15) is 10.4 Å². The molecule has 0 fully saturated rings. The highest BCUT2D eigenvalue weighted by molar-refractivity contribution is 7.89. The minimum absolute atomic E-state index is 0.0559. The van der Waals surface area contributed by atoms with Crippen LogP contribution in [0.2, 0.25) is 5.02 Å². The first-order valence-corrected chi connectivity index (χ1v) is 8.67. The number of rotatable bonds is 6. The van der Waals surface area contributed by atoms with E-state index < -0.39 is 20.7 Å².